The predicted octanol–water partition coefficient (Wildman–Crippen LogP) is 3.23. The van der Waals surface area contributed by atoms with Crippen molar-refractivity contribution in [3.8, 4) is 17.1 Å². The molecule has 0 saturated heterocycles. The van der Waals surface area contributed by atoms with Crippen LogP contribution in [0.1, 0.15) is 0 Å². The van der Waals surface area contributed by atoms with Gasteiger partial charge in [-0.1, -0.05) is 0 Å². The van der Waals surface area contributed by atoms with Gasteiger partial charge in [0.15, 0.2) is 11.6 Å². The lowest BCUT2D eigenvalue weighted by molar-refractivity contribution is 0.372. The van der Waals surface area contributed by atoms with E-state index in [1.807, 2.05) is 0 Å². The molecule has 4 heteroatoms. The molecule has 0 bridgehead atoms. The van der Waals surface area contributed by atoms with Gasteiger partial charge in [-0.15, -0.1) is 0 Å². The van der Waals surface area contributed by atoms with Gasteiger partial charge in [0.25, 0.3) is 0 Å². The summed E-state index contributed by atoms with van der Waals surface area (Å²) >= 11 is 0. The first-order chi connectivity index (χ1) is 7.22. The smallest absolute Gasteiger partial charge is 0.200 e. The van der Waals surface area contributed by atoms with Gasteiger partial charge >= 0.3 is 0 Å². The summed E-state index contributed by atoms with van der Waals surface area (Å²) in [5, 5.41) is 0. The van der Waals surface area contributed by atoms with Gasteiger partial charge in [-0.05, 0) is 24.3 Å². The number of hydrogen-bond acceptors (Lipinski definition) is 2. The van der Waals surface area contributed by atoms with Gasteiger partial charge in [-0.25, -0.2) is 4.39 Å². The maximum atomic E-state index is 13.1. The van der Waals surface area contributed by atoms with E-state index in [0.29, 0.717) is 11.3 Å². The maximum Gasteiger partial charge on any atom is 0.200 e. The fourth-order valence-electron chi connectivity index (χ4n) is 1.30. The number of hydrogen-bond donors (Lipinski definition) is 0. The molecule has 0 aliphatic carbocycles. The van der Waals surface area contributed by atoms with Crippen LogP contribution in [0.2, 0.25) is 0 Å². The first-order valence-corrected chi connectivity index (χ1v) is 4.29. The van der Waals surface area contributed by atoms with E-state index in [2.05, 4.69) is 0 Å². The van der Waals surface area contributed by atoms with Crippen LogP contribution in [0.5, 0.6) is 5.75 Å². The molecule has 0 saturated carbocycles. The molecule has 2 nitrogen and oxygen atoms in total. The maximum absolute atomic E-state index is 13.1. The minimum absolute atomic E-state index is 0.138. The zero-order chi connectivity index (χ0) is 10.8. The number of halogens is 2. The standard InChI is InChI=1S/C11H8F2O2/c1-14-10-6-7(5-8(12)11(10)13)9-3-2-4-15-9/h2-6H,1H3. The molecule has 1 aromatic carbocycles. The third kappa shape index (κ3) is 1.70. The highest BCUT2D eigenvalue weighted by Gasteiger charge is 2.13. The normalized spacial score (nSPS) is 10.3. The molecule has 0 spiro atoms. The van der Waals surface area contributed by atoms with Gasteiger partial charge in [-0.2, -0.15) is 4.39 Å². The van der Waals surface area contributed by atoms with Crippen molar-refractivity contribution in [3.63, 3.8) is 0 Å². The summed E-state index contributed by atoms with van der Waals surface area (Å²) in [5.74, 6) is -1.62. The van der Waals surface area contributed by atoms with Gasteiger partial charge in [0.2, 0.25) is 5.82 Å². The summed E-state index contributed by atoms with van der Waals surface area (Å²) in [6.07, 6.45) is 1.46. The first kappa shape index (κ1) is 9.71. The van der Waals surface area contributed by atoms with Gasteiger partial charge in [0.05, 0.1) is 13.4 Å². The molecular weight excluding hydrogens is 202 g/mol. The zero-order valence-corrected chi connectivity index (χ0v) is 7.96. The Bertz CT molecular complexity index is 464. The molecule has 0 unspecified atom stereocenters. The summed E-state index contributed by atoms with van der Waals surface area (Å²) in [4.78, 5) is 0. The monoisotopic (exact) mass is 210 g/mol. The summed E-state index contributed by atoms with van der Waals surface area (Å²) in [6.45, 7) is 0. The Hall–Kier alpha value is -1.84. The van der Waals surface area contributed by atoms with Crippen molar-refractivity contribution in [2.75, 3.05) is 7.11 Å². The lowest BCUT2D eigenvalue weighted by atomic mass is 10.1. The molecule has 2 aromatic rings. The third-order valence-corrected chi connectivity index (χ3v) is 2.02. The van der Waals surface area contributed by atoms with Crippen LogP contribution >= 0.6 is 0 Å². The average Bonchev–Trinajstić information content (AvgIpc) is 2.75. The summed E-state index contributed by atoms with van der Waals surface area (Å²) < 4.78 is 36.0. The second-order valence-electron chi connectivity index (χ2n) is 2.95. The van der Waals surface area contributed by atoms with Crippen LogP contribution in [-0.2, 0) is 0 Å². The van der Waals surface area contributed by atoms with E-state index >= 15 is 0 Å². The number of benzene rings is 1. The second-order valence-corrected chi connectivity index (χ2v) is 2.95. The molecule has 2 rings (SSSR count). The molecule has 78 valence electrons. The van der Waals surface area contributed by atoms with Gasteiger partial charge in [0, 0.05) is 5.56 Å². The van der Waals surface area contributed by atoms with Crippen LogP contribution in [0.25, 0.3) is 11.3 Å². The van der Waals surface area contributed by atoms with Crippen molar-refractivity contribution < 1.29 is 17.9 Å². The second kappa shape index (κ2) is 3.73. The number of methoxy groups -OCH3 is 1. The predicted molar refractivity (Wildman–Crippen MR) is 50.6 cm³/mol. The summed E-state index contributed by atoms with van der Waals surface area (Å²) in [6, 6.07) is 5.78. The average molecular weight is 210 g/mol. The van der Waals surface area contributed by atoms with Gasteiger partial charge in [-0.3, -0.25) is 0 Å². The highest BCUT2D eigenvalue weighted by molar-refractivity contribution is 5.59. The van der Waals surface area contributed by atoms with E-state index in [1.165, 1.54) is 19.4 Å². The quantitative estimate of drug-likeness (QED) is 0.759. The van der Waals surface area contributed by atoms with Crippen molar-refractivity contribution in [2.45, 2.75) is 0 Å². The fourth-order valence-corrected chi connectivity index (χ4v) is 1.30. The number of furan rings is 1. The van der Waals surface area contributed by atoms with Crippen LogP contribution < -0.4 is 4.74 Å². The van der Waals surface area contributed by atoms with Crippen molar-refractivity contribution in [2.24, 2.45) is 0 Å². The third-order valence-electron chi connectivity index (χ3n) is 2.02. The molecule has 0 aliphatic heterocycles. The molecule has 0 fully saturated rings. The van der Waals surface area contributed by atoms with Crippen LogP contribution in [0.3, 0.4) is 0 Å². The van der Waals surface area contributed by atoms with Crippen LogP contribution in [0.4, 0.5) is 8.78 Å². The van der Waals surface area contributed by atoms with Crippen LogP contribution in [-0.4, -0.2) is 7.11 Å². The molecule has 0 atom stereocenters. The Morgan fingerprint density at radius 1 is 1.27 bits per heavy atom. The lowest BCUT2D eigenvalue weighted by Gasteiger charge is -2.04. The van der Waals surface area contributed by atoms with E-state index < -0.39 is 11.6 Å². The Morgan fingerprint density at radius 2 is 2.07 bits per heavy atom. The van der Waals surface area contributed by atoms with Crippen molar-refractivity contribution in [3.05, 3.63) is 42.2 Å². The van der Waals surface area contributed by atoms with Crippen molar-refractivity contribution in [1.29, 1.82) is 0 Å². The lowest BCUT2D eigenvalue weighted by Crippen LogP contribution is -1.92. The van der Waals surface area contributed by atoms with E-state index in [-0.39, 0.29) is 5.75 Å². The zero-order valence-electron chi connectivity index (χ0n) is 7.96. The van der Waals surface area contributed by atoms with Crippen molar-refractivity contribution in [1.82, 2.24) is 0 Å². The van der Waals surface area contributed by atoms with Crippen molar-refractivity contribution >= 4 is 0 Å². The van der Waals surface area contributed by atoms with Crippen LogP contribution in [0, 0.1) is 11.6 Å². The Labute approximate surface area is 85.1 Å². The van der Waals surface area contributed by atoms with E-state index in [4.69, 9.17) is 9.15 Å². The minimum Gasteiger partial charge on any atom is -0.494 e. The van der Waals surface area contributed by atoms with E-state index in [0.717, 1.165) is 6.07 Å². The van der Waals surface area contributed by atoms with Gasteiger partial charge in [0.1, 0.15) is 5.76 Å². The fraction of sp³-hybridized carbons (Fsp3) is 0.0909. The van der Waals surface area contributed by atoms with E-state index in [1.54, 1.807) is 12.1 Å². The molecule has 0 radical (unpaired) electrons. The Kier molecular flexibility index (Phi) is 2.41. The highest BCUT2D eigenvalue weighted by atomic mass is 19.2. The molecular formula is C11H8F2O2. The Balaban J connectivity index is 2.55. The largest absolute Gasteiger partial charge is 0.494 e. The summed E-state index contributed by atoms with van der Waals surface area (Å²) in [7, 11) is 1.28. The summed E-state index contributed by atoms with van der Waals surface area (Å²) in [5.41, 5.74) is 0.441. The molecule has 0 N–H and O–H groups in total. The molecule has 1 aromatic heterocycles. The van der Waals surface area contributed by atoms with Crippen LogP contribution in [0.15, 0.2) is 34.9 Å². The van der Waals surface area contributed by atoms with Gasteiger partial charge < -0.3 is 9.15 Å². The molecule has 1 heterocycles. The number of rotatable bonds is 2. The SMILES string of the molecule is COc1cc(-c2ccco2)cc(F)c1F. The number of ether oxygens (including phenoxy) is 1. The molecule has 15 heavy (non-hydrogen) atoms. The molecule has 0 amide bonds. The highest BCUT2D eigenvalue weighted by Crippen LogP contribution is 2.28. The first-order valence-electron chi connectivity index (χ1n) is 4.29. The molecule has 0 aliphatic rings. The minimum atomic E-state index is -0.993. The Morgan fingerprint density at radius 3 is 2.67 bits per heavy atom. The topological polar surface area (TPSA) is 22.4 Å². The van der Waals surface area contributed by atoms with E-state index in [9.17, 15) is 8.78 Å².